The molecule has 1 aromatic rings. The highest BCUT2D eigenvalue weighted by molar-refractivity contribution is 5.29. The molecule has 2 heteroatoms. The van der Waals surface area contributed by atoms with Gasteiger partial charge >= 0.3 is 0 Å². The highest BCUT2D eigenvalue weighted by Gasteiger charge is 2.59. The highest BCUT2D eigenvalue weighted by atomic mass is 16.6. The van der Waals surface area contributed by atoms with Crippen LogP contribution in [-0.4, -0.2) is 19.3 Å². The Morgan fingerprint density at radius 3 is 2.85 bits per heavy atom. The molecule has 68 valence electrons. The third-order valence-electron chi connectivity index (χ3n) is 2.96. The van der Waals surface area contributed by atoms with Crippen molar-refractivity contribution in [2.45, 2.75) is 18.1 Å². The molecule has 0 aliphatic carbocycles. The molecule has 2 nitrogen and oxygen atoms in total. The minimum absolute atomic E-state index is 0.0134. The summed E-state index contributed by atoms with van der Waals surface area (Å²) >= 11 is 0. The molecule has 0 N–H and O–H groups in total. The largest absolute Gasteiger partial charge is 0.378 e. The summed E-state index contributed by atoms with van der Waals surface area (Å²) < 4.78 is 11.1. The van der Waals surface area contributed by atoms with E-state index in [1.807, 2.05) is 6.07 Å². The third-order valence-corrected chi connectivity index (χ3v) is 2.96. The lowest BCUT2D eigenvalue weighted by molar-refractivity contribution is 0.0975. The van der Waals surface area contributed by atoms with Crippen molar-refractivity contribution in [3.63, 3.8) is 0 Å². The summed E-state index contributed by atoms with van der Waals surface area (Å²) in [6.07, 6.45) is 1.31. The van der Waals surface area contributed by atoms with Gasteiger partial charge in [0.15, 0.2) is 0 Å². The molecule has 0 spiro atoms. The lowest BCUT2D eigenvalue weighted by atomic mass is 9.91. The maximum absolute atomic E-state index is 5.73. The van der Waals surface area contributed by atoms with E-state index >= 15 is 0 Å². The van der Waals surface area contributed by atoms with Gasteiger partial charge in [0.1, 0.15) is 11.7 Å². The van der Waals surface area contributed by atoms with Crippen molar-refractivity contribution in [3.05, 3.63) is 35.9 Å². The number of hydrogen-bond acceptors (Lipinski definition) is 2. The van der Waals surface area contributed by atoms with Crippen molar-refractivity contribution in [2.24, 2.45) is 0 Å². The second-order valence-electron chi connectivity index (χ2n) is 3.69. The number of rotatable bonds is 1. The van der Waals surface area contributed by atoms with Gasteiger partial charge in [0.2, 0.25) is 0 Å². The average molecular weight is 176 g/mol. The van der Waals surface area contributed by atoms with Gasteiger partial charge in [-0.15, -0.1) is 0 Å². The van der Waals surface area contributed by atoms with Crippen LogP contribution in [0.5, 0.6) is 0 Å². The van der Waals surface area contributed by atoms with Crippen LogP contribution in [0.25, 0.3) is 0 Å². The summed E-state index contributed by atoms with van der Waals surface area (Å²) in [6, 6.07) is 10.5. The molecule has 13 heavy (non-hydrogen) atoms. The van der Waals surface area contributed by atoms with Gasteiger partial charge in [0.25, 0.3) is 0 Å². The number of hydrogen-bond donors (Lipinski definition) is 0. The molecule has 2 aliphatic rings. The van der Waals surface area contributed by atoms with Gasteiger partial charge in [-0.25, -0.2) is 0 Å². The van der Waals surface area contributed by atoms with Crippen LogP contribution in [-0.2, 0) is 15.1 Å². The number of fused-ring (bicyclic) bond motifs is 1. The SMILES string of the molecule is c1ccc(C23CCOCC2O3)cc1. The van der Waals surface area contributed by atoms with E-state index in [0.29, 0.717) is 6.10 Å². The van der Waals surface area contributed by atoms with E-state index in [0.717, 1.165) is 19.6 Å². The smallest absolute Gasteiger partial charge is 0.124 e. The summed E-state index contributed by atoms with van der Waals surface area (Å²) in [4.78, 5) is 0. The molecule has 2 aliphatic heterocycles. The first-order chi connectivity index (χ1) is 6.42. The molecule has 0 bridgehead atoms. The number of ether oxygens (including phenoxy) is 2. The van der Waals surface area contributed by atoms with Gasteiger partial charge in [-0.05, 0) is 5.56 Å². The second-order valence-corrected chi connectivity index (χ2v) is 3.69. The van der Waals surface area contributed by atoms with Crippen LogP contribution in [0.3, 0.4) is 0 Å². The van der Waals surface area contributed by atoms with Crippen LogP contribution in [0.2, 0.25) is 0 Å². The summed E-state index contributed by atoms with van der Waals surface area (Å²) in [5.41, 5.74) is 1.32. The summed E-state index contributed by atoms with van der Waals surface area (Å²) in [7, 11) is 0. The van der Waals surface area contributed by atoms with Crippen molar-refractivity contribution in [3.8, 4) is 0 Å². The Bertz CT molecular complexity index is 309. The van der Waals surface area contributed by atoms with Crippen LogP contribution in [0.15, 0.2) is 30.3 Å². The summed E-state index contributed by atoms with van der Waals surface area (Å²) in [5, 5.41) is 0. The lowest BCUT2D eigenvalue weighted by Gasteiger charge is -2.17. The Morgan fingerprint density at radius 1 is 1.23 bits per heavy atom. The Hall–Kier alpha value is -0.860. The fraction of sp³-hybridized carbons (Fsp3) is 0.455. The fourth-order valence-electron chi connectivity index (χ4n) is 2.14. The standard InChI is InChI=1S/C11H12O2/c1-2-4-9(5-3-1)11-6-7-12-8-10(11)13-11/h1-5,10H,6-8H2. The maximum atomic E-state index is 5.73. The Morgan fingerprint density at radius 2 is 2.08 bits per heavy atom. The van der Waals surface area contributed by atoms with Crippen molar-refractivity contribution in [1.29, 1.82) is 0 Å². The second kappa shape index (κ2) is 2.56. The van der Waals surface area contributed by atoms with Gasteiger partial charge < -0.3 is 9.47 Å². The predicted octanol–water partition coefficient (Wildman–Crippen LogP) is 1.70. The quantitative estimate of drug-likeness (QED) is 0.607. The molecule has 3 rings (SSSR count). The molecular weight excluding hydrogens is 164 g/mol. The molecule has 2 saturated heterocycles. The zero-order valence-corrected chi connectivity index (χ0v) is 7.40. The molecule has 2 atom stereocenters. The van der Waals surface area contributed by atoms with Gasteiger partial charge in [-0.1, -0.05) is 30.3 Å². The monoisotopic (exact) mass is 176 g/mol. The zero-order valence-electron chi connectivity index (χ0n) is 7.40. The molecule has 0 saturated carbocycles. The van der Waals surface area contributed by atoms with Crippen LogP contribution in [0, 0.1) is 0 Å². The first kappa shape index (κ1) is 7.54. The lowest BCUT2D eigenvalue weighted by Crippen LogP contribution is -2.24. The molecule has 0 aromatic heterocycles. The summed E-state index contributed by atoms with van der Waals surface area (Å²) in [5.74, 6) is 0. The fourth-order valence-corrected chi connectivity index (χ4v) is 2.14. The first-order valence-electron chi connectivity index (χ1n) is 4.73. The maximum Gasteiger partial charge on any atom is 0.124 e. The van der Waals surface area contributed by atoms with Crippen molar-refractivity contribution in [2.75, 3.05) is 13.2 Å². The minimum Gasteiger partial charge on any atom is -0.378 e. The Labute approximate surface area is 77.5 Å². The summed E-state index contributed by atoms with van der Waals surface area (Å²) in [6.45, 7) is 1.58. The van der Waals surface area contributed by atoms with E-state index in [2.05, 4.69) is 24.3 Å². The molecule has 0 radical (unpaired) electrons. The van der Waals surface area contributed by atoms with Crippen molar-refractivity contribution in [1.82, 2.24) is 0 Å². The average Bonchev–Trinajstić information content (AvgIpc) is 2.94. The van der Waals surface area contributed by atoms with Crippen LogP contribution in [0.4, 0.5) is 0 Å². The number of benzene rings is 1. The van der Waals surface area contributed by atoms with E-state index in [4.69, 9.17) is 9.47 Å². The Balaban J connectivity index is 1.94. The molecule has 2 fully saturated rings. The zero-order chi connectivity index (χ0) is 8.73. The van der Waals surface area contributed by atoms with E-state index in [9.17, 15) is 0 Å². The molecule has 1 aromatic carbocycles. The molecule has 0 amide bonds. The van der Waals surface area contributed by atoms with Crippen LogP contribution < -0.4 is 0 Å². The molecule has 2 heterocycles. The highest BCUT2D eigenvalue weighted by Crippen LogP contribution is 2.51. The van der Waals surface area contributed by atoms with E-state index in [1.54, 1.807) is 0 Å². The normalized spacial score (nSPS) is 36.8. The van der Waals surface area contributed by atoms with Crippen molar-refractivity contribution < 1.29 is 9.47 Å². The van der Waals surface area contributed by atoms with E-state index < -0.39 is 0 Å². The minimum atomic E-state index is 0.0134. The molecule has 2 unspecified atom stereocenters. The topological polar surface area (TPSA) is 21.8 Å². The molecular formula is C11H12O2. The van der Waals surface area contributed by atoms with Gasteiger partial charge in [-0.3, -0.25) is 0 Å². The van der Waals surface area contributed by atoms with Gasteiger partial charge in [0, 0.05) is 13.0 Å². The van der Waals surface area contributed by atoms with Gasteiger partial charge in [-0.2, -0.15) is 0 Å². The van der Waals surface area contributed by atoms with Crippen molar-refractivity contribution >= 4 is 0 Å². The van der Waals surface area contributed by atoms with Crippen LogP contribution in [0.1, 0.15) is 12.0 Å². The van der Waals surface area contributed by atoms with E-state index in [-0.39, 0.29) is 5.60 Å². The van der Waals surface area contributed by atoms with Crippen LogP contribution >= 0.6 is 0 Å². The predicted molar refractivity (Wildman–Crippen MR) is 48.4 cm³/mol. The van der Waals surface area contributed by atoms with Gasteiger partial charge in [0.05, 0.1) is 6.61 Å². The third kappa shape index (κ3) is 1.02. The Kier molecular flexibility index (Phi) is 1.49. The number of epoxide rings is 1. The van der Waals surface area contributed by atoms with E-state index in [1.165, 1.54) is 5.56 Å². The first-order valence-corrected chi connectivity index (χ1v) is 4.73.